The van der Waals surface area contributed by atoms with Crippen LogP contribution in [0.25, 0.3) is 10.8 Å². The quantitative estimate of drug-likeness (QED) is 0.803. The first-order valence-corrected chi connectivity index (χ1v) is 10.5. The number of amides is 2. The predicted molar refractivity (Wildman–Crippen MR) is 109 cm³/mol. The number of halogens is 1. The first kappa shape index (κ1) is 18.6. The molecule has 2 amide bonds. The Morgan fingerprint density at radius 3 is 2.41 bits per heavy atom. The molecule has 0 radical (unpaired) electrons. The Hall–Kier alpha value is -2.47. The molecule has 0 aromatic heterocycles. The monoisotopic (exact) mass is 395 g/mol. The molecule has 2 aromatic rings. The second-order valence-electron chi connectivity index (χ2n) is 8.86. The largest absolute Gasteiger partial charge is 0.339 e. The zero-order valence-corrected chi connectivity index (χ0v) is 16.7. The lowest BCUT2D eigenvalue weighted by atomic mass is 9.96. The van der Waals surface area contributed by atoms with Gasteiger partial charge in [0.2, 0.25) is 5.91 Å². The van der Waals surface area contributed by atoms with Gasteiger partial charge < -0.3 is 14.7 Å². The minimum absolute atomic E-state index is 0.0243. The van der Waals surface area contributed by atoms with E-state index in [-0.39, 0.29) is 23.9 Å². The SMILES string of the molecule is CN1CC(CC(=O)N2C[C@H]3CC[C@@H](C2)N3C(=O)c2cc(F)cc3ccccc23)C1. The number of nitrogens with zero attached hydrogens (tertiary/aromatic N) is 3. The van der Waals surface area contributed by atoms with Crippen molar-refractivity contribution in [2.24, 2.45) is 5.92 Å². The number of carbonyl (C=O) groups is 2. The Balaban J connectivity index is 1.35. The third-order valence-electron chi connectivity index (χ3n) is 6.73. The van der Waals surface area contributed by atoms with Gasteiger partial charge >= 0.3 is 0 Å². The third kappa shape index (κ3) is 3.29. The standard InChI is InChI=1S/C23H26FN3O2/c1-25-11-15(12-25)8-22(28)26-13-18-6-7-19(14-26)27(18)23(29)21-10-17(24)9-16-4-2-3-5-20(16)21/h2-5,9-10,15,18-19H,6-8,11-14H2,1H3/t18-,19+. The second kappa shape index (κ2) is 7.10. The summed E-state index contributed by atoms with van der Waals surface area (Å²) in [5.41, 5.74) is 0.426. The number of rotatable bonds is 3. The molecule has 3 aliphatic heterocycles. The molecule has 6 heteroatoms. The Kier molecular flexibility index (Phi) is 4.54. The van der Waals surface area contributed by atoms with Crippen LogP contribution in [0.15, 0.2) is 36.4 Å². The topological polar surface area (TPSA) is 43.9 Å². The Morgan fingerprint density at radius 1 is 1.03 bits per heavy atom. The number of hydrogen-bond donors (Lipinski definition) is 0. The van der Waals surface area contributed by atoms with Crippen molar-refractivity contribution < 1.29 is 14.0 Å². The minimum Gasteiger partial charge on any atom is -0.339 e. The molecule has 2 bridgehead atoms. The van der Waals surface area contributed by atoms with E-state index >= 15 is 0 Å². The molecule has 2 atom stereocenters. The van der Waals surface area contributed by atoms with Crippen LogP contribution in [0, 0.1) is 11.7 Å². The van der Waals surface area contributed by atoms with Crippen LogP contribution in [0.1, 0.15) is 29.6 Å². The number of fused-ring (bicyclic) bond motifs is 3. The lowest BCUT2D eigenvalue weighted by Crippen LogP contribution is -2.58. The normalized spacial score (nSPS) is 24.8. The predicted octanol–water partition coefficient (Wildman–Crippen LogP) is 2.75. The Labute approximate surface area is 170 Å². The molecule has 0 N–H and O–H groups in total. The molecule has 3 heterocycles. The number of piperazine rings is 1. The fourth-order valence-electron chi connectivity index (χ4n) is 5.36. The average Bonchev–Trinajstić information content (AvgIpc) is 2.94. The van der Waals surface area contributed by atoms with Crippen molar-refractivity contribution >= 4 is 22.6 Å². The van der Waals surface area contributed by atoms with Crippen LogP contribution in [0.4, 0.5) is 4.39 Å². The fraction of sp³-hybridized carbons (Fsp3) is 0.478. The molecule has 5 rings (SSSR count). The zero-order chi connectivity index (χ0) is 20.1. The van der Waals surface area contributed by atoms with Crippen molar-refractivity contribution in [3.05, 3.63) is 47.8 Å². The molecule has 0 spiro atoms. The zero-order valence-electron chi connectivity index (χ0n) is 16.7. The van der Waals surface area contributed by atoms with Gasteiger partial charge in [0.05, 0.1) is 17.6 Å². The van der Waals surface area contributed by atoms with E-state index in [9.17, 15) is 14.0 Å². The minimum atomic E-state index is -0.390. The van der Waals surface area contributed by atoms with E-state index in [1.165, 1.54) is 12.1 Å². The van der Waals surface area contributed by atoms with Crippen LogP contribution in [0.5, 0.6) is 0 Å². The van der Waals surface area contributed by atoms with Gasteiger partial charge in [-0.2, -0.15) is 0 Å². The summed E-state index contributed by atoms with van der Waals surface area (Å²) in [4.78, 5) is 32.3. The van der Waals surface area contributed by atoms with Crippen molar-refractivity contribution in [1.29, 1.82) is 0 Å². The highest BCUT2D eigenvalue weighted by Gasteiger charge is 2.44. The van der Waals surface area contributed by atoms with E-state index in [1.54, 1.807) is 0 Å². The van der Waals surface area contributed by atoms with E-state index in [0.29, 0.717) is 31.0 Å². The summed E-state index contributed by atoms with van der Waals surface area (Å²) in [6, 6.07) is 10.3. The molecule has 3 fully saturated rings. The van der Waals surface area contributed by atoms with Crippen molar-refractivity contribution in [3.8, 4) is 0 Å². The lowest BCUT2D eigenvalue weighted by Gasteiger charge is -2.43. The average molecular weight is 395 g/mol. The van der Waals surface area contributed by atoms with E-state index in [0.717, 1.165) is 36.7 Å². The summed E-state index contributed by atoms with van der Waals surface area (Å²) in [5.74, 6) is 0.173. The lowest BCUT2D eigenvalue weighted by molar-refractivity contribution is -0.136. The number of hydrogen-bond acceptors (Lipinski definition) is 3. The van der Waals surface area contributed by atoms with Crippen molar-refractivity contribution in [1.82, 2.24) is 14.7 Å². The van der Waals surface area contributed by atoms with Gasteiger partial charge in [0.1, 0.15) is 5.82 Å². The highest BCUT2D eigenvalue weighted by atomic mass is 19.1. The van der Waals surface area contributed by atoms with Gasteiger partial charge in [0.15, 0.2) is 0 Å². The van der Waals surface area contributed by atoms with Gasteiger partial charge in [0, 0.05) is 32.6 Å². The van der Waals surface area contributed by atoms with E-state index < -0.39 is 5.82 Å². The molecular formula is C23H26FN3O2. The summed E-state index contributed by atoms with van der Waals surface area (Å²) in [5, 5.41) is 1.52. The van der Waals surface area contributed by atoms with Gasteiger partial charge in [-0.05, 0) is 48.7 Å². The van der Waals surface area contributed by atoms with Crippen molar-refractivity contribution in [3.63, 3.8) is 0 Å². The molecule has 0 unspecified atom stereocenters. The third-order valence-corrected chi connectivity index (χ3v) is 6.73. The van der Waals surface area contributed by atoms with Crippen LogP contribution < -0.4 is 0 Å². The smallest absolute Gasteiger partial charge is 0.255 e. The Bertz CT molecular complexity index is 958. The summed E-state index contributed by atoms with van der Waals surface area (Å²) < 4.78 is 14.2. The van der Waals surface area contributed by atoms with Crippen molar-refractivity contribution in [2.45, 2.75) is 31.3 Å². The molecule has 2 aromatic carbocycles. The highest BCUT2D eigenvalue weighted by molar-refractivity contribution is 6.07. The molecular weight excluding hydrogens is 369 g/mol. The first-order chi connectivity index (χ1) is 14.0. The second-order valence-corrected chi connectivity index (χ2v) is 8.86. The maximum Gasteiger partial charge on any atom is 0.255 e. The maximum atomic E-state index is 14.2. The highest BCUT2D eigenvalue weighted by Crippen LogP contribution is 2.34. The van der Waals surface area contributed by atoms with Gasteiger partial charge in [-0.1, -0.05) is 24.3 Å². The van der Waals surface area contributed by atoms with E-state index in [1.807, 2.05) is 34.1 Å². The molecule has 0 aliphatic carbocycles. The maximum absolute atomic E-state index is 14.2. The van der Waals surface area contributed by atoms with Crippen molar-refractivity contribution in [2.75, 3.05) is 33.2 Å². The van der Waals surface area contributed by atoms with Crippen LogP contribution >= 0.6 is 0 Å². The number of carbonyl (C=O) groups excluding carboxylic acids is 2. The summed E-state index contributed by atoms with van der Waals surface area (Å²) >= 11 is 0. The number of likely N-dealkylation sites (tertiary alicyclic amines) is 2. The van der Waals surface area contributed by atoms with Gasteiger partial charge in [-0.25, -0.2) is 4.39 Å². The summed E-state index contributed by atoms with van der Waals surface area (Å²) in [7, 11) is 2.07. The molecule has 3 saturated heterocycles. The van der Waals surface area contributed by atoms with Gasteiger partial charge in [0.25, 0.3) is 5.91 Å². The Morgan fingerprint density at radius 2 is 1.72 bits per heavy atom. The van der Waals surface area contributed by atoms with Crippen LogP contribution in [-0.2, 0) is 4.79 Å². The van der Waals surface area contributed by atoms with Crippen LogP contribution in [0.3, 0.4) is 0 Å². The van der Waals surface area contributed by atoms with E-state index in [2.05, 4.69) is 11.9 Å². The molecule has 5 nitrogen and oxygen atoms in total. The fourth-order valence-corrected chi connectivity index (χ4v) is 5.36. The van der Waals surface area contributed by atoms with Gasteiger partial charge in [-0.3, -0.25) is 9.59 Å². The number of benzene rings is 2. The molecule has 152 valence electrons. The van der Waals surface area contributed by atoms with E-state index in [4.69, 9.17) is 0 Å². The van der Waals surface area contributed by atoms with Gasteiger partial charge in [-0.15, -0.1) is 0 Å². The molecule has 0 saturated carbocycles. The van der Waals surface area contributed by atoms with Crippen LogP contribution in [0.2, 0.25) is 0 Å². The molecule has 29 heavy (non-hydrogen) atoms. The first-order valence-electron chi connectivity index (χ1n) is 10.5. The molecule has 3 aliphatic rings. The summed E-state index contributed by atoms with van der Waals surface area (Å²) in [6.45, 7) is 3.17. The van der Waals surface area contributed by atoms with Crippen LogP contribution in [-0.4, -0.2) is 71.8 Å². The summed E-state index contributed by atoms with van der Waals surface area (Å²) in [6.07, 6.45) is 2.41.